The number of carbonyl (C=O) groups excluding carboxylic acids is 1. The summed E-state index contributed by atoms with van der Waals surface area (Å²) >= 11 is 0. The zero-order valence-corrected chi connectivity index (χ0v) is 14.0. The molecular weight excluding hydrogens is 290 g/mol. The molecule has 2 amide bonds. The van der Waals surface area contributed by atoms with E-state index in [0.29, 0.717) is 0 Å². The number of ether oxygens (including phenoxy) is 1. The van der Waals surface area contributed by atoms with Crippen molar-refractivity contribution < 1.29 is 9.53 Å². The quantitative estimate of drug-likeness (QED) is 0.830. The van der Waals surface area contributed by atoms with Gasteiger partial charge in [0, 0.05) is 25.5 Å². The third-order valence-electron chi connectivity index (χ3n) is 3.43. The lowest BCUT2D eigenvalue weighted by atomic mass is 10.1. The summed E-state index contributed by atoms with van der Waals surface area (Å²) in [6.45, 7) is 4.13. The standard InChI is InChI=1S/C18H23N3O2/c1-13-5-10-17(14(2)11-13)23-12-19-18(22)20-15-6-8-16(9-7-15)21(3)4/h5-11H,12H2,1-4H3,(H2,19,20,22). The molecule has 122 valence electrons. The van der Waals surface area contributed by atoms with Gasteiger partial charge in [-0.05, 0) is 49.7 Å². The van der Waals surface area contributed by atoms with Crippen LogP contribution in [-0.2, 0) is 0 Å². The van der Waals surface area contributed by atoms with Crippen LogP contribution < -0.4 is 20.3 Å². The van der Waals surface area contributed by atoms with Crippen LogP contribution in [0.1, 0.15) is 11.1 Å². The molecule has 0 unspecified atom stereocenters. The fourth-order valence-corrected chi connectivity index (χ4v) is 2.16. The number of rotatable bonds is 5. The maximum absolute atomic E-state index is 11.8. The first-order chi connectivity index (χ1) is 11.0. The van der Waals surface area contributed by atoms with E-state index >= 15 is 0 Å². The molecule has 2 aromatic rings. The van der Waals surface area contributed by atoms with E-state index < -0.39 is 0 Å². The second-order valence-electron chi connectivity index (χ2n) is 5.63. The molecule has 0 aromatic heterocycles. The molecule has 0 aliphatic carbocycles. The van der Waals surface area contributed by atoms with Crippen LogP contribution >= 0.6 is 0 Å². The smallest absolute Gasteiger partial charge is 0.321 e. The SMILES string of the molecule is Cc1ccc(OCNC(=O)Nc2ccc(N(C)C)cc2)c(C)c1. The van der Waals surface area contributed by atoms with Gasteiger partial charge in [0.25, 0.3) is 0 Å². The molecular formula is C18H23N3O2. The number of aryl methyl sites for hydroxylation is 2. The normalized spacial score (nSPS) is 10.1. The van der Waals surface area contributed by atoms with Gasteiger partial charge in [-0.15, -0.1) is 0 Å². The molecule has 23 heavy (non-hydrogen) atoms. The minimum Gasteiger partial charge on any atom is -0.473 e. The maximum Gasteiger partial charge on any atom is 0.321 e. The van der Waals surface area contributed by atoms with Gasteiger partial charge in [-0.25, -0.2) is 4.79 Å². The van der Waals surface area contributed by atoms with E-state index in [1.807, 2.05) is 75.3 Å². The molecule has 0 radical (unpaired) electrons. The highest BCUT2D eigenvalue weighted by Crippen LogP contribution is 2.18. The molecule has 2 N–H and O–H groups in total. The van der Waals surface area contributed by atoms with Gasteiger partial charge >= 0.3 is 6.03 Å². The Labute approximate surface area is 137 Å². The Hall–Kier alpha value is -2.69. The van der Waals surface area contributed by atoms with E-state index in [-0.39, 0.29) is 12.8 Å². The summed E-state index contributed by atoms with van der Waals surface area (Å²) in [4.78, 5) is 13.8. The monoisotopic (exact) mass is 313 g/mol. The van der Waals surface area contributed by atoms with Crippen LogP contribution in [0, 0.1) is 13.8 Å². The highest BCUT2D eigenvalue weighted by atomic mass is 16.5. The maximum atomic E-state index is 11.8. The number of amides is 2. The van der Waals surface area contributed by atoms with E-state index in [2.05, 4.69) is 10.6 Å². The van der Waals surface area contributed by atoms with Crippen molar-refractivity contribution in [1.29, 1.82) is 0 Å². The zero-order valence-electron chi connectivity index (χ0n) is 14.0. The largest absolute Gasteiger partial charge is 0.473 e. The third-order valence-corrected chi connectivity index (χ3v) is 3.43. The molecule has 0 aliphatic rings. The second kappa shape index (κ2) is 7.54. The molecule has 0 fully saturated rings. The Morgan fingerprint density at radius 1 is 1.09 bits per heavy atom. The van der Waals surface area contributed by atoms with Crippen LogP contribution in [0.2, 0.25) is 0 Å². The molecule has 0 aliphatic heterocycles. The number of hydrogen-bond donors (Lipinski definition) is 2. The molecule has 0 bridgehead atoms. The first-order valence-corrected chi connectivity index (χ1v) is 7.48. The van der Waals surface area contributed by atoms with Crippen molar-refractivity contribution in [2.24, 2.45) is 0 Å². The van der Waals surface area contributed by atoms with E-state index in [1.54, 1.807) is 0 Å². The van der Waals surface area contributed by atoms with Crippen LogP contribution in [0.5, 0.6) is 5.75 Å². The van der Waals surface area contributed by atoms with Crippen LogP contribution in [0.25, 0.3) is 0 Å². The summed E-state index contributed by atoms with van der Waals surface area (Å²) in [6, 6.07) is 13.2. The van der Waals surface area contributed by atoms with E-state index in [4.69, 9.17) is 4.74 Å². The third kappa shape index (κ3) is 4.92. The van der Waals surface area contributed by atoms with Crippen molar-refractivity contribution in [3.63, 3.8) is 0 Å². The summed E-state index contributed by atoms with van der Waals surface area (Å²) in [5.41, 5.74) is 4.04. The van der Waals surface area contributed by atoms with Gasteiger partial charge in [-0.1, -0.05) is 17.7 Å². The van der Waals surface area contributed by atoms with Crippen molar-refractivity contribution in [2.45, 2.75) is 13.8 Å². The predicted octanol–water partition coefficient (Wildman–Crippen LogP) is 3.53. The Balaban J connectivity index is 1.80. The number of urea groups is 1. The van der Waals surface area contributed by atoms with E-state index in [0.717, 1.165) is 22.7 Å². The van der Waals surface area contributed by atoms with Crippen LogP contribution in [-0.4, -0.2) is 26.9 Å². The Morgan fingerprint density at radius 3 is 2.39 bits per heavy atom. The average Bonchev–Trinajstić information content (AvgIpc) is 2.50. The molecule has 0 spiro atoms. The highest BCUT2D eigenvalue weighted by Gasteiger charge is 2.03. The fraction of sp³-hybridized carbons (Fsp3) is 0.278. The molecule has 0 saturated carbocycles. The van der Waals surface area contributed by atoms with Crippen LogP contribution in [0.4, 0.5) is 16.2 Å². The first-order valence-electron chi connectivity index (χ1n) is 7.48. The lowest BCUT2D eigenvalue weighted by Crippen LogP contribution is -2.32. The van der Waals surface area contributed by atoms with Gasteiger partial charge in [0.2, 0.25) is 0 Å². The fourth-order valence-electron chi connectivity index (χ4n) is 2.16. The van der Waals surface area contributed by atoms with Gasteiger partial charge in [0.15, 0.2) is 6.73 Å². The molecule has 5 nitrogen and oxygen atoms in total. The van der Waals surface area contributed by atoms with Crippen molar-refractivity contribution >= 4 is 17.4 Å². The first kappa shape index (κ1) is 16.7. The lowest BCUT2D eigenvalue weighted by Gasteiger charge is -2.14. The number of benzene rings is 2. The molecule has 2 aromatic carbocycles. The summed E-state index contributed by atoms with van der Waals surface area (Å²) in [5, 5.41) is 5.45. The minimum atomic E-state index is -0.299. The van der Waals surface area contributed by atoms with Gasteiger partial charge in [0.05, 0.1) is 0 Å². The molecule has 5 heteroatoms. The van der Waals surface area contributed by atoms with Gasteiger partial charge in [0.1, 0.15) is 5.75 Å². The topological polar surface area (TPSA) is 53.6 Å². The average molecular weight is 313 g/mol. The van der Waals surface area contributed by atoms with Gasteiger partial charge < -0.3 is 20.3 Å². The van der Waals surface area contributed by atoms with Crippen molar-refractivity contribution in [3.8, 4) is 5.75 Å². The lowest BCUT2D eigenvalue weighted by molar-refractivity contribution is 0.234. The number of nitrogens with one attached hydrogen (secondary N) is 2. The Kier molecular flexibility index (Phi) is 5.46. The van der Waals surface area contributed by atoms with Gasteiger partial charge in [-0.3, -0.25) is 0 Å². The zero-order chi connectivity index (χ0) is 16.8. The predicted molar refractivity (Wildman–Crippen MR) is 94.3 cm³/mol. The molecule has 0 saturated heterocycles. The van der Waals surface area contributed by atoms with Crippen LogP contribution in [0.15, 0.2) is 42.5 Å². The summed E-state index contributed by atoms with van der Waals surface area (Å²) in [6.07, 6.45) is 0. The second-order valence-corrected chi connectivity index (χ2v) is 5.63. The molecule has 0 heterocycles. The van der Waals surface area contributed by atoms with Crippen LogP contribution in [0.3, 0.4) is 0 Å². The Morgan fingerprint density at radius 2 is 1.78 bits per heavy atom. The highest BCUT2D eigenvalue weighted by molar-refractivity contribution is 5.89. The van der Waals surface area contributed by atoms with E-state index in [9.17, 15) is 4.79 Å². The minimum absolute atomic E-state index is 0.117. The van der Waals surface area contributed by atoms with Gasteiger partial charge in [-0.2, -0.15) is 0 Å². The number of hydrogen-bond acceptors (Lipinski definition) is 3. The van der Waals surface area contributed by atoms with Crippen molar-refractivity contribution in [2.75, 3.05) is 31.0 Å². The molecule has 0 atom stereocenters. The number of nitrogens with zero attached hydrogens (tertiary/aromatic N) is 1. The van der Waals surface area contributed by atoms with E-state index in [1.165, 1.54) is 5.56 Å². The summed E-state index contributed by atoms with van der Waals surface area (Å²) in [7, 11) is 3.94. The molecule has 2 rings (SSSR count). The Bertz CT molecular complexity index is 666. The number of anilines is 2. The van der Waals surface area contributed by atoms with Crippen molar-refractivity contribution in [1.82, 2.24) is 5.32 Å². The van der Waals surface area contributed by atoms with Crippen molar-refractivity contribution in [3.05, 3.63) is 53.6 Å². The summed E-state index contributed by atoms with van der Waals surface area (Å²) in [5.74, 6) is 0.770. The number of carbonyl (C=O) groups is 1. The summed E-state index contributed by atoms with van der Waals surface area (Å²) < 4.78 is 5.57.